The van der Waals surface area contributed by atoms with Gasteiger partial charge in [0.2, 0.25) is 5.88 Å². The van der Waals surface area contributed by atoms with Crippen LogP contribution < -0.4 is 10.1 Å². The number of pyridine rings is 1. The minimum atomic E-state index is -0.156. The van der Waals surface area contributed by atoms with E-state index in [1.54, 1.807) is 18.3 Å². The highest BCUT2D eigenvalue weighted by Crippen LogP contribution is 2.25. The Kier molecular flexibility index (Phi) is 4.17. The van der Waals surface area contributed by atoms with Crippen LogP contribution in [0.4, 0.5) is 0 Å². The zero-order valence-corrected chi connectivity index (χ0v) is 13.7. The van der Waals surface area contributed by atoms with Crippen LogP contribution in [0, 0.1) is 0 Å². The van der Waals surface area contributed by atoms with Gasteiger partial charge in [-0.05, 0) is 48.2 Å². The molecule has 1 amide bonds. The van der Waals surface area contributed by atoms with E-state index in [9.17, 15) is 4.79 Å². The Morgan fingerprint density at radius 1 is 0.920 bits per heavy atom. The smallest absolute Gasteiger partial charge is 0.257 e. The maximum atomic E-state index is 12.7. The van der Waals surface area contributed by atoms with Crippen molar-refractivity contribution in [3.05, 3.63) is 89.6 Å². The molecular weight excluding hydrogens is 312 g/mol. The standard InChI is InChI=1S/C21H18N2O2/c24-20(23-17-13-15-7-4-5-8-16(15)14-17)19-11-6-12-22-21(19)25-18-9-2-1-3-10-18/h1-12,17H,13-14H2,(H,23,24). The van der Waals surface area contributed by atoms with Crippen LogP contribution in [0.15, 0.2) is 72.9 Å². The summed E-state index contributed by atoms with van der Waals surface area (Å²) in [7, 11) is 0. The predicted octanol–water partition coefficient (Wildman–Crippen LogP) is 3.77. The molecule has 4 heteroatoms. The van der Waals surface area contributed by atoms with Gasteiger partial charge < -0.3 is 10.1 Å². The monoisotopic (exact) mass is 330 g/mol. The van der Waals surface area contributed by atoms with Gasteiger partial charge >= 0.3 is 0 Å². The third-order valence-electron chi connectivity index (χ3n) is 4.36. The highest BCUT2D eigenvalue weighted by molar-refractivity contribution is 5.96. The molecule has 0 spiro atoms. The van der Waals surface area contributed by atoms with E-state index in [0.717, 1.165) is 12.8 Å². The molecule has 124 valence electrons. The number of carbonyl (C=O) groups is 1. The van der Waals surface area contributed by atoms with Gasteiger partial charge in [0.15, 0.2) is 0 Å². The molecule has 0 radical (unpaired) electrons. The van der Waals surface area contributed by atoms with Gasteiger partial charge in [-0.1, -0.05) is 42.5 Å². The number of nitrogens with zero attached hydrogens (tertiary/aromatic N) is 1. The summed E-state index contributed by atoms with van der Waals surface area (Å²) in [6.45, 7) is 0. The van der Waals surface area contributed by atoms with Crippen LogP contribution in [0.25, 0.3) is 0 Å². The van der Waals surface area contributed by atoms with Crippen molar-refractivity contribution in [1.29, 1.82) is 0 Å². The molecule has 1 aromatic heterocycles. The average Bonchev–Trinajstić information content (AvgIpc) is 3.05. The number of carbonyl (C=O) groups excluding carboxylic acids is 1. The number of benzene rings is 2. The molecule has 0 bridgehead atoms. The Morgan fingerprint density at radius 3 is 2.32 bits per heavy atom. The van der Waals surface area contributed by atoms with Crippen LogP contribution in [-0.2, 0) is 12.8 Å². The lowest BCUT2D eigenvalue weighted by Crippen LogP contribution is -2.35. The van der Waals surface area contributed by atoms with Gasteiger partial charge in [0.25, 0.3) is 5.91 Å². The molecule has 1 aliphatic carbocycles. The third-order valence-corrected chi connectivity index (χ3v) is 4.36. The lowest BCUT2D eigenvalue weighted by molar-refractivity contribution is 0.0935. The largest absolute Gasteiger partial charge is 0.438 e. The van der Waals surface area contributed by atoms with E-state index in [4.69, 9.17) is 4.74 Å². The molecule has 1 N–H and O–H groups in total. The van der Waals surface area contributed by atoms with Crippen LogP contribution in [0.2, 0.25) is 0 Å². The minimum absolute atomic E-state index is 0.106. The molecule has 0 unspecified atom stereocenters. The summed E-state index contributed by atoms with van der Waals surface area (Å²) in [6.07, 6.45) is 3.34. The number of aromatic nitrogens is 1. The van der Waals surface area contributed by atoms with Crippen molar-refractivity contribution >= 4 is 5.91 Å². The van der Waals surface area contributed by atoms with Crippen molar-refractivity contribution in [3.63, 3.8) is 0 Å². The van der Waals surface area contributed by atoms with Crippen LogP contribution in [-0.4, -0.2) is 16.9 Å². The molecule has 0 aliphatic heterocycles. The zero-order chi connectivity index (χ0) is 17.1. The van der Waals surface area contributed by atoms with E-state index < -0.39 is 0 Å². The molecule has 1 heterocycles. The quantitative estimate of drug-likeness (QED) is 0.792. The summed E-state index contributed by atoms with van der Waals surface area (Å²) < 4.78 is 5.78. The Hall–Kier alpha value is -3.14. The highest BCUT2D eigenvalue weighted by atomic mass is 16.5. The first-order valence-electron chi connectivity index (χ1n) is 8.35. The number of hydrogen-bond acceptors (Lipinski definition) is 3. The second kappa shape index (κ2) is 6.77. The first-order chi connectivity index (χ1) is 12.3. The normalized spacial score (nSPS) is 13.3. The fourth-order valence-electron chi connectivity index (χ4n) is 3.17. The SMILES string of the molecule is O=C(NC1Cc2ccccc2C1)c1cccnc1Oc1ccccc1. The van der Waals surface area contributed by atoms with E-state index in [1.165, 1.54) is 11.1 Å². The van der Waals surface area contributed by atoms with E-state index in [0.29, 0.717) is 17.2 Å². The average molecular weight is 330 g/mol. The molecule has 0 saturated heterocycles. The number of hydrogen-bond donors (Lipinski definition) is 1. The van der Waals surface area contributed by atoms with Gasteiger partial charge in [0, 0.05) is 12.2 Å². The molecule has 0 fully saturated rings. The molecule has 0 atom stereocenters. The van der Waals surface area contributed by atoms with Crippen LogP contribution >= 0.6 is 0 Å². The lowest BCUT2D eigenvalue weighted by Gasteiger charge is -2.14. The van der Waals surface area contributed by atoms with Crippen LogP contribution in [0.5, 0.6) is 11.6 Å². The fraction of sp³-hybridized carbons (Fsp3) is 0.143. The molecule has 4 nitrogen and oxygen atoms in total. The van der Waals surface area contributed by atoms with E-state index >= 15 is 0 Å². The van der Waals surface area contributed by atoms with E-state index in [1.807, 2.05) is 42.5 Å². The summed E-state index contributed by atoms with van der Waals surface area (Å²) in [4.78, 5) is 17.0. The Morgan fingerprint density at radius 2 is 1.60 bits per heavy atom. The van der Waals surface area contributed by atoms with Gasteiger partial charge in [-0.3, -0.25) is 4.79 Å². The first-order valence-corrected chi connectivity index (χ1v) is 8.35. The summed E-state index contributed by atoms with van der Waals surface area (Å²) in [5.74, 6) is 0.821. The fourth-order valence-corrected chi connectivity index (χ4v) is 3.17. The highest BCUT2D eigenvalue weighted by Gasteiger charge is 2.24. The Balaban J connectivity index is 1.50. The molecule has 25 heavy (non-hydrogen) atoms. The van der Waals surface area contributed by atoms with Crippen LogP contribution in [0.3, 0.4) is 0 Å². The van der Waals surface area contributed by atoms with Crippen molar-refractivity contribution < 1.29 is 9.53 Å². The maximum absolute atomic E-state index is 12.7. The number of fused-ring (bicyclic) bond motifs is 1. The van der Waals surface area contributed by atoms with Crippen molar-refractivity contribution in [2.45, 2.75) is 18.9 Å². The first kappa shape index (κ1) is 15.4. The van der Waals surface area contributed by atoms with Gasteiger partial charge in [-0.15, -0.1) is 0 Å². The summed E-state index contributed by atoms with van der Waals surface area (Å²) in [5.41, 5.74) is 3.06. The number of nitrogens with one attached hydrogen (secondary N) is 1. The second-order valence-corrected chi connectivity index (χ2v) is 6.12. The second-order valence-electron chi connectivity index (χ2n) is 6.12. The van der Waals surface area contributed by atoms with Crippen molar-refractivity contribution in [2.24, 2.45) is 0 Å². The number of ether oxygens (including phenoxy) is 1. The van der Waals surface area contributed by atoms with Crippen molar-refractivity contribution in [1.82, 2.24) is 10.3 Å². The van der Waals surface area contributed by atoms with Gasteiger partial charge in [0.1, 0.15) is 11.3 Å². The predicted molar refractivity (Wildman–Crippen MR) is 95.9 cm³/mol. The van der Waals surface area contributed by atoms with Crippen LogP contribution in [0.1, 0.15) is 21.5 Å². The van der Waals surface area contributed by atoms with Gasteiger partial charge in [0.05, 0.1) is 0 Å². The van der Waals surface area contributed by atoms with Gasteiger partial charge in [-0.25, -0.2) is 4.98 Å². The number of amides is 1. The summed E-state index contributed by atoms with van der Waals surface area (Å²) >= 11 is 0. The van der Waals surface area contributed by atoms with Gasteiger partial charge in [-0.2, -0.15) is 0 Å². The van der Waals surface area contributed by atoms with E-state index in [2.05, 4.69) is 22.4 Å². The molecule has 1 aliphatic rings. The Labute approximate surface area is 146 Å². The number of rotatable bonds is 4. The van der Waals surface area contributed by atoms with E-state index in [-0.39, 0.29) is 11.9 Å². The van der Waals surface area contributed by atoms with Crippen molar-refractivity contribution in [3.8, 4) is 11.6 Å². The molecular formula is C21H18N2O2. The maximum Gasteiger partial charge on any atom is 0.257 e. The Bertz CT molecular complexity index is 868. The number of para-hydroxylation sites is 1. The lowest BCUT2D eigenvalue weighted by atomic mass is 10.1. The van der Waals surface area contributed by atoms with Crippen molar-refractivity contribution in [2.75, 3.05) is 0 Å². The molecule has 0 saturated carbocycles. The summed E-state index contributed by atoms with van der Waals surface area (Å²) in [5, 5.41) is 3.11. The summed E-state index contributed by atoms with van der Waals surface area (Å²) in [6, 6.07) is 21.3. The minimum Gasteiger partial charge on any atom is -0.438 e. The third kappa shape index (κ3) is 3.38. The molecule has 4 rings (SSSR count). The molecule has 3 aromatic rings. The molecule has 2 aromatic carbocycles. The zero-order valence-electron chi connectivity index (χ0n) is 13.7. The topological polar surface area (TPSA) is 51.2 Å².